The highest BCUT2D eigenvalue weighted by molar-refractivity contribution is 5.99. The summed E-state index contributed by atoms with van der Waals surface area (Å²) in [5.74, 6) is -3.52. The van der Waals surface area contributed by atoms with Crippen LogP contribution in [0.2, 0.25) is 0 Å². The van der Waals surface area contributed by atoms with Gasteiger partial charge in [0.05, 0.1) is 0 Å². The van der Waals surface area contributed by atoms with Gasteiger partial charge in [-0.15, -0.1) is 0 Å². The summed E-state index contributed by atoms with van der Waals surface area (Å²) >= 11 is 0. The zero-order chi connectivity index (χ0) is 11.7. The molecule has 1 amide bonds. The number of carboxylic acids is 1. The van der Waals surface area contributed by atoms with Crippen LogP contribution in [0.1, 0.15) is 11.5 Å². The minimum atomic E-state index is -1.15. The number of hydrogen-bond acceptors (Lipinski definition) is 2. The lowest BCUT2D eigenvalue weighted by molar-refractivity contribution is -0.145. The molecular formula is C11H10FNO3. The van der Waals surface area contributed by atoms with Gasteiger partial charge in [-0.2, -0.15) is 0 Å². The van der Waals surface area contributed by atoms with Crippen LogP contribution in [0.5, 0.6) is 0 Å². The molecule has 1 aromatic carbocycles. The van der Waals surface area contributed by atoms with Crippen molar-refractivity contribution in [3.05, 3.63) is 35.6 Å². The minimum Gasteiger partial charge on any atom is -0.481 e. The first-order chi connectivity index (χ1) is 7.59. The Kier molecular flexibility index (Phi) is 2.60. The predicted molar refractivity (Wildman–Crippen MR) is 53.3 cm³/mol. The Balaban J connectivity index is 2.30. The van der Waals surface area contributed by atoms with E-state index >= 15 is 0 Å². The Morgan fingerprint density at radius 1 is 1.38 bits per heavy atom. The average Bonchev–Trinajstić information content (AvgIpc) is 2.61. The maximum Gasteiger partial charge on any atom is 0.316 e. The van der Waals surface area contributed by atoms with E-state index in [1.54, 1.807) is 0 Å². The summed E-state index contributed by atoms with van der Waals surface area (Å²) in [5, 5.41) is 11.4. The summed E-state index contributed by atoms with van der Waals surface area (Å²) in [5.41, 5.74) is 0.659. The molecule has 0 bridgehead atoms. The van der Waals surface area contributed by atoms with Crippen molar-refractivity contribution in [1.82, 2.24) is 5.32 Å². The predicted octanol–water partition coefficient (Wildman–Crippen LogP) is 0.740. The molecule has 5 heteroatoms. The fourth-order valence-corrected chi connectivity index (χ4v) is 1.93. The molecule has 1 heterocycles. The van der Waals surface area contributed by atoms with E-state index in [0.29, 0.717) is 5.56 Å². The van der Waals surface area contributed by atoms with Crippen LogP contribution in [0.4, 0.5) is 4.39 Å². The van der Waals surface area contributed by atoms with Gasteiger partial charge in [0.2, 0.25) is 5.91 Å². The zero-order valence-electron chi connectivity index (χ0n) is 8.31. The lowest BCUT2D eigenvalue weighted by Crippen LogP contribution is -2.26. The number of nitrogens with one attached hydrogen (secondary N) is 1. The number of carboxylic acid groups (broad SMARTS) is 1. The van der Waals surface area contributed by atoms with Crippen LogP contribution in [0.15, 0.2) is 24.3 Å². The molecule has 16 heavy (non-hydrogen) atoms. The highest BCUT2D eigenvalue weighted by Crippen LogP contribution is 2.29. The first-order valence-corrected chi connectivity index (χ1v) is 4.85. The van der Waals surface area contributed by atoms with Gasteiger partial charge in [0.25, 0.3) is 0 Å². The minimum absolute atomic E-state index is 0.279. The van der Waals surface area contributed by atoms with E-state index < -0.39 is 23.7 Å². The van der Waals surface area contributed by atoms with Crippen molar-refractivity contribution in [3.8, 4) is 0 Å². The Hall–Kier alpha value is -1.91. The lowest BCUT2D eigenvalue weighted by Gasteiger charge is -2.12. The van der Waals surface area contributed by atoms with Crippen molar-refractivity contribution in [2.24, 2.45) is 5.92 Å². The van der Waals surface area contributed by atoms with Crippen molar-refractivity contribution in [3.63, 3.8) is 0 Å². The molecule has 0 unspecified atom stereocenters. The molecule has 2 N–H and O–H groups in total. The summed E-state index contributed by atoms with van der Waals surface area (Å²) in [4.78, 5) is 22.2. The third kappa shape index (κ3) is 1.76. The summed E-state index contributed by atoms with van der Waals surface area (Å²) in [6.45, 7) is 0.279. The van der Waals surface area contributed by atoms with Gasteiger partial charge in [-0.05, 0) is 17.7 Å². The molecule has 0 aliphatic carbocycles. The molecule has 1 aromatic rings. The quantitative estimate of drug-likeness (QED) is 0.727. The van der Waals surface area contributed by atoms with Crippen LogP contribution < -0.4 is 5.32 Å². The molecule has 1 aliphatic heterocycles. The van der Waals surface area contributed by atoms with Crippen LogP contribution >= 0.6 is 0 Å². The van der Waals surface area contributed by atoms with Crippen molar-refractivity contribution in [2.45, 2.75) is 5.92 Å². The van der Waals surface area contributed by atoms with Gasteiger partial charge >= 0.3 is 5.97 Å². The molecular weight excluding hydrogens is 213 g/mol. The number of rotatable bonds is 2. The van der Waals surface area contributed by atoms with Gasteiger partial charge in [0.15, 0.2) is 0 Å². The number of halogens is 1. The van der Waals surface area contributed by atoms with Crippen molar-refractivity contribution < 1.29 is 19.1 Å². The molecule has 84 valence electrons. The van der Waals surface area contributed by atoms with Gasteiger partial charge in [0.1, 0.15) is 11.7 Å². The Morgan fingerprint density at radius 2 is 2.00 bits per heavy atom. The van der Waals surface area contributed by atoms with Gasteiger partial charge in [-0.3, -0.25) is 9.59 Å². The highest BCUT2D eigenvalue weighted by Gasteiger charge is 2.40. The van der Waals surface area contributed by atoms with Crippen molar-refractivity contribution >= 4 is 11.9 Å². The zero-order valence-corrected chi connectivity index (χ0v) is 8.31. The van der Waals surface area contributed by atoms with Gasteiger partial charge in [0, 0.05) is 12.5 Å². The Labute approximate surface area is 91.1 Å². The van der Waals surface area contributed by atoms with E-state index in [4.69, 9.17) is 5.11 Å². The fraction of sp³-hybridized carbons (Fsp3) is 0.273. The van der Waals surface area contributed by atoms with Crippen molar-refractivity contribution in [1.29, 1.82) is 0 Å². The summed E-state index contributed by atoms with van der Waals surface area (Å²) < 4.78 is 12.7. The summed E-state index contributed by atoms with van der Waals surface area (Å²) in [6.07, 6.45) is 0. The summed E-state index contributed by atoms with van der Waals surface area (Å²) in [7, 11) is 0. The summed E-state index contributed by atoms with van der Waals surface area (Å²) in [6, 6.07) is 5.54. The molecule has 0 aromatic heterocycles. The van der Waals surface area contributed by atoms with Gasteiger partial charge in [-0.25, -0.2) is 4.39 Å². The van der Waals surface area contributed by atoms with Crippen LogP contribution in [0.3, 0.4) is 0 Å². The second-order valence-corrected chi connectivity index (χ2v) is 3.72. The maximum atomic E-state index is 12.7. The molecule has 1 fully saturated rings. The number of carbonyl (C=O) groups is 2. The number of amides is 1. The van der Waals surface area contributed by atoms with Crippen LogP contribution in [-0.4, -0.2) is 23.5 Å². The highest BCUT2D eigenvalue weighted by atomic mass is 19.1. The third-order valence-corrected chi connectivity index (χ3v) is 2.75. The Morgan fingerprint density at radius 3 is 2.56 bits per heavy atom. The van der Waals surface area contributed by atoms with E-state index in [1.165, 1.54) is 24.3 Å². The van der Waals surface area contributed by atoms with E-state index in [1.807, 2.05) is 0 Å². The van der Waals surface area contributed by atoms with Crippen LogP contribution in [0.25, 0.3) is 0 Å². The van der Waals surface area contributed by atoms with E-state index in [-0.39, 0.29) is 12.4 Å². The normalized spacial score (nSPS) is 24.2. The molecule has 0 radical (unpaired) electrons. The van der Waals surface area contributed by atoms with E-state index in [2.05, 4.69) is 5.32 Å². The van der Waals surface area contributed by atoms with Crippen molar-refractivity contribution in [2.75, 3.05) is 6.54 Å². The van der Waals surface area contributed by atoms with Gasteiger partial charge in [-0.1, -0.05) is 12.1 Å². The lowest BCUT2D eigenvalue weighted by atomic mass is 9.89. The molecule has 0 spiro atoms. The van der Waals surface area contributed by atoms with Crippen LogP contribution in [-0.2, 0) is 9.59 Å². The maximum absolute atomic E-state index is 12.7. The fourth-order valence-electron chi connectivity index (χ4n) is 1.93. The number of aliphatic carboxylic acids is 1. The van der Waals surface area contributed by atoms with E-state index in [0.717, 1.165) is 0 Å². The first-order valence-electron chi connectivity index (χ1n) is 4.85. The first kappa shape index (κ1) is 10.6. The number of carbonyl (C=O) groups excluding carboxylic acids is 1. The second kappa shape index (κ2) is 3.92. The average molecular weight is 223 g/mol. The number of benzene rings is 1. The molecule has 2 atom stereocenters. The SMILES string of the molecule is O=C(O)[C@H]1C(=O)NC[C@H]1c1ccc(F)cc1. The molecule has 0 saturated carbocycles. The second-order valence-electron chi connectivity index (χ2n) is 3.72. The largest absolute Gasteiger partial charge is 0.481 e. The molecule has 1 aliphatic rings. The molecule has 4 nitrogen and oxygen atoms in total. The molecule has 2 rings (SSSR count). The number of hydrogen-bond donors (Lipinski definition) is 2. The third-order valence-electron chi connectivity index (χ3n) is 2.75. The van der Waals surface area contributed by atoms with Crippen LogP contribution in [0, 0.1) is 11.7 Å². The Bertz CT molecular complexity index is 429. The standard InChI is InChI=1S/C11H10FNO3/c12-7-3-1-6(2-4-7)8-5-13-10(14)9(8)11(15)16/h1-4,8-9H,5H2,(H,13,14)(H,15,16)/t8-,9+/m0/s1. The molecule has 1 saturated heterocycles. The van der Waals surface area contributed by atoms with Gasteiger partial charge < -0.3 is 10.4 Å². The smallest absolute Gasteiger partial charge is 0.316 e. The topological polar surface area (TPSA) is 66.4 Å². The van der Waals surface area contributed by atoms with E-state index in [9.17, 15) is 14.0 Å². The monoisotopic (exact) mass is 223 g/mol.